The van der Waals surface area contributed by atoms with Gasteiger partial charge in [-0.25, -0.2) is 13.1 Å². The van der Waals surface area contributed by atoms with Gasteiger partial charge in [0.25, 0.3) is 0 Å². The molecule has 1 aromatic carbocycles. The van der Waals surface area contributed by atoms with Gasteiger partial charge in [0.2, 0.25) is 10.0 Å². The Labute approximate surface area is 116 Å². The molecule has 1 rings (SSSR count). The molecule has 0 fully saturated rings. The molecule has 20 heavy (non-hydrogen) atoms. The van der Waals surface area contributed by atoms with Crippen LogP contribution in [0.2, 0.25) is 0 Å². The van der Waals surface area contributed by atoms with Gasteiger partial charge in [0.05, 0.1) is 4.90 Å². The fourth-order valence-electron chi connectivity index (χ4n) is 1.54. The number of nitrogens with two attached hydrogens (primary N) is 1. The molecule has 0 spiro atoms. The molecule has 0 aliphatic carbocycles. The Balaban J connectivity index is 2.67. The maximum absolute atomic E-state index is 11.9. The second-order valence-electron chi connectivity index (χ2n) is 4.48. The molecular weight excluding hydrogens is 293 g/mol. The number of nitrogens with one attached hydrogen (secondary N) is 1. The Hall–Kier alpha value is -1.12. The van der Waals surface area contributed by atoms with Gasteiger partial charge in [-0.2, -0.15) is 13.2 Å². The molecule has 0 heterocycles. The zero-order valence-corrected chi connectivity index (χ0v) is 11.8. The summed E-state index contributed by atoms with van der Waals surface area (Å²) in [5.41, 5.74) is 6.30. The Bertz CT molecular complexity index is 542. The van der Waals surface area contributed by atoms with Crippen LogP contribution in [0.1, 0.15) is 31.4 Å². The quantitative estimate of drug-likeness (QED) is 0.792. The zero-order chi connectivity index (χ0) is 15.4. The minimum Gasteiger partial charge on any atom is -0.324 e. The van der Waals surface area contributed by atoms with Crippen LogP contribution < -0.4 is 10.5 Å². The number of alkyl halides is 3. The Kier molecular flexibility index (Phi) is 5.55. The Morgan fingerprint density at radius 1 is 1.35 bits per heavy atom. The standard InChI is InChI=1S/C12H17F3N2O2S/c1-9(16)10-4-2-5-11(8-10)20(18,19)17-7-3-6-12(13,14)15/h2,4-5,8-9,17H,3,6-7,16H2,1H3. The van der Waals surface area contributed by atoms with Gasteiger partial charge >= 0.3 is 6.18 Å². The largest absolute Gasteiger partial charge is 0.389 e. The maximum atomic E-state index is 11.9. The minimum atomic E-state index is -4.28. The predicted octanol–water partition coefficient (Wildman–Crippen LogP) is 2.33. The van der Waals surface area contributed by atoms with Crippen molar-refractivity contribution in [1.29, 1.82) is 0 Å². The third kappa shape index (κ3) is 5.48. The van der Waals surface area contributed by atoms with E-state index in [4.69, 9.17) is 5.73 Å². The average Bonchev–Trinajstić information content (AvgIpc) is 2.34. The van der Waals surface area contributed by atoms with Crippen molar-refractivity contribution in [3.63, 3.8) is 0 Å². The highest BCUT2D eigenvalue weighted by Gasteiger charge is 2.26. The third-order valence-electron chi connectivity index (χ3n) is 2.62. The van der Waals surface area contributed by atoms with E-state index in [-0.39, 0.29) is 23.9 Å². The first-order chi connectivity index (χ1) is 9.12. The van der Waals surface area contributed by atoms with E-state index < -0.39 is 22.6 Å². The highest BCUT2D eigenvalue weighted by atomic mass is 32.2. The predicted molar refractivity (Wildman–Crippen MR) is 69.5 cm³/mol. The molecule has 0 aliphatic rings. The lowest BCUT2D eigenvalue weighted by atomic mass is 10.1. The van der Waals surface area contributed by atoms with Crippen LogP contribution in [0, 0.1) is 0 Å². The molecule has 0 bridgehead atoms. The number of hydrogen-bond acceptors (Lipinski definition) is 3. The first kappa shape index (κ1) is 16.9. The van der Waals surface area contributed by atoms with Crippen LogP contribution in [-0.2, 0) is 10.0 Å². The van der Waals surface area contributed by atoms with E-state index in [1.54, 1.807) is 19.1 Å². The normalized spacial score (nSPS) is 14.2. The molecule has 0 saturated heterocycles. The first-order valence-corrected chi connectivity index (χ1v) is 7.52. The van der Waals surface area contributed by atoms with Gasteiger partial charge in [0.1, 0.15) is 0 Å². The van der Waals surface area contributed by atoms with E-state index >= 15 is 0 Å². The van der Waals surface area contributed by atoms with Crippen LogP contribution in [-0.4, -0.2) is 21.1 Å². The van der Waals surface area contributed by atoms with E-state index in [2.05, 4.69) is 4.72 Å². The van der Waals surface area contributed by atoms with Crippen LogP contribution in [0.5, 0.6) is 0 Å². The molecule has 8 heteroatoms. The molecule has 0 radical (unpaired) electrons. The van der Waals surface area contributed by atoms with Gasteiger partial charge in [0, 0.05) is 19.0 Å². The van der Waals surface area contributed by atoms with Crippen LogP contribution in [0.15, 0.2) is 29.2 Å². The molecule has 114 valence electrons. The van der Waals surface area contributed by atoms with Crippen molar-refractivity contribution < 1.29 is 21.6 Å². The molecule has 0 aromatic heterocycles. The van der Waals surface area contributed by atoms with Crippen molar-refractivity contribution in [2.45, 2.75) is 36.9 Å². The van der Waals surface area contributed by atoms with E-state index in [1.807, 2.05) is 0 Å². The van der Waals surface area contributed by atoms with Crippen molar-refractivity contribution in [3.8, 4) is 0 Å². The maximum Gasteiger partial charge on any atom is 0.389 e. The molecule has 1 aromatic rings. The fourth-order valence-corrected chi connectivity index (χ4v) is 2.67. The van der Waals surface area contributed by atoms with Crippen molar-refractivity contribution in [2.75, 3.05) is 6.54 Å². The van der Waals surface area contributed by atoms with Crippen LogP contribution in [0.3, 0.4) is 0 Å². The monoisotopic (exact) mass is 310 g/mol. The summed E-state index contributed by atoms with van der Waals surface area (Å²) in [7, 11) is -3.81. The lowest BCUT2D eigenvalue weighted by Crippen LogP contribution is -2.26. The molecule has 3 N–H and O–H groups in total. The van der Waals surface area contributed by atoms with Crippen LogP contribution >= 0.6 is 0 Å². The van der Waals surface area contributed by atoms with Crippen molar-refractivity contribution in [2.24, 2.45) is 5.73 Å². The highest BCUT2D eigenvalue weighted by molar-refractivity contribution is 7.89. The average molecular weight is 310 g/mol. The summed E-state index contributed by atoms with van der Waals surface area (Å²) in [6.45, 7) is 1.45. The molecule has 0 aliphatic heterocycles. The number of sulfonamides is 1. The fraction of sp³-hybridized carbons (Fsp3) is 0.500. The van der Waals surface area contributed by atoms with Crippen LogP contribution in [0.25, 0.3) is 0 Å². The molecule has 1 unspecified atom stereocenters. The number of benzene rings is 1. The number of halogens is 3. The van der Waals surface area contributed by atoms with E-state index in [0.717, 1.165) is 0 Å². The molecule has 0 saturated carbocycles. The van der Waals surface area contributed by atoms with Gasteiger partial charge in [-0.3, -0.25) is 0 Å². The lowest BCUT2D eigenvalue weighted by Gasteiger charge is -2.10. The molecule has 4 nitrogen and oxygen atoms in total. The third-order valence-corrected chi connectivity index (χ3v) is 4.08. The van der Waals surface area contributed by atoms with E-state index in [9.17, 15) is 21.6 Å². The molecule has 1 atom stereocenters. The Morgan fingerprint density at radius 3 is 2.55 bits per heavy atom. The lowest BCUT2D eigenvalue weighted by molar-refractivity contribution is -0.135. The summed E-state index contributed by atoms with van der Waals surface area (Å²) in [6.07, 6.45) is -5.59. The SMILES string of the molecule is CC(N)c1cccc(S(=O)(=O)NCCCC(F)(F)F)c1. The van der Waals surface area contributed by atoms with E-state index in [0.29, 0.717) is 5.56 Å². The zero-order valence-electron chi connectivity index (χ0n) is 10.9. The van der Waals surface area contributed by atoms with Gasteiger partial charge in [0.15, 0.2) is 0 Å². The van der Waals surface area contributed by atoms with Crippen molar-refractivity contribution >= 4 is 10.0 Å². The minimum absolute atomic E-state index is 0.000640. The number of rotatable bonds is 6. The first-order valence-electron chi connectivity index (χ1n) is 6.04. The van der Waals surface area contributed by atoms with Crippen LogP contribution in [0.4, 0.5) is 13.2 Å². The van der Waals surface area contributed by atoms with E-state index in [1.165, 1.54) is 12.1 Å². The summed E-state index contributed by atoms with van der Waals surface area (Å²) in [6, 6.07) is 5.70. The highest BCUT2D eigenvalue weighted by Crippen LogP contribution is 2.21. The topological polar surface area (TPSA) is 72.2 Å². The van der Waals surface area contributed by atoms with Crippen molar-refractivity contribution in [3.05, 3.63) is 29.8 Å². The summed E-state index contributed by atoms with van der Waals surface area (Å²) in [5.74, 6) is 0. The van der Waals surface area contributed by atoms with Gasteiger partial charge in [-0.1, -0.05) is 12.1 Å². The number of hydrogen-bond donors (Lipinski definition) is 2. The summed E-state index contributed by atoms with van der Waals surface area (Å²) >= 11 is 0. The smallest absolute Gasteiger partial charge is 0.324 e. The summed E-state index contributed by atoms with van der Waals surface area (Å²) < 4.78 is 61.8. The Morgan fingerprint density at radius 2 is 2.00 bits per heavy atom. The summed E-state index contributed by atoms with van der Waals surface area (Å²) in [4.78, 5) is -0.000640. The van der Waals surface area contributed by atoms with Gasteiger partial charge in [-0.05, 0) is 31.0 Å². The van der Waals surface area contributed by atoms with Gasteiger partial charge in [-0.15, -0.1) is 0 Å². The summed E-state index contributed by atoms with van der Waals surface area (Å²) in [5, 5.41) is 0. The van der Waals surface area contributed by atoms with Crippen molar-refractivity contribution in [1.82, 2.24) is 4.72 Å². The molecular formula is C12H17F3N2O2S. The molecule has 0 amide bonds. The van der Waals surface area contributed by atoms with Gasteiger partial charge < -0.3 is 5.73 Å². The second-order valence-corrected chi connectivity index (χ2v) is 6.24. The second kappa shape index (κ2) is 6.55.